The van der Waals surface area contributed by atoms with Crippen molar-refractivity contribution in [1.29, 1.82) is 0 Å². The molecular formula is C23H21ClFN3O7. The lowest BCUT2D eigenvalue weighted by molar-refractivity contribution is -0.139. The molecule has 0 unspecified atom stereocenters. The molecule has 2 amide bonds. The van der Waals surface area contributed by atoms with E-state index in [1.54, 1.807) is 24.3 Å². The summed E-state index contributed by atoms with van der Waals surface area (Å²) in [6.07, 6.45) is -0.0684. The number of carboxylic acids is 1. The zero-order valence-corrected chi connectivity index (χ0v) is 19.1. The van der Waals surface area contributed by atoms with Crippen molar-refractivity contribution in [3.05, 3.63) is 81.4 Å². The molecule has 0 spiro atoms. The predicted octanol–water partition coefficient (Wildman–Crippen LogP) is 2.97. The molecule has 1 aromatic heterocycles. The lowest BCUT2D eigenvalue weighted by atomic mass is 9.97. The second kappa shape index (κ2) is 11.3. The molecule has 1 heterocycles. The number of carbonyl (C=O) groups is 3. The largest absolute Gasteiger partial charge is 0.480 e. The zero-order chi connectivity index (χ0) is 25.5. The van der Waals surface area contributed by atoms with Crippen LogP contribution in [0, 0.1) is 5.82 Å². The van der Waals surface area contributed by atoms with Crippen LogP contribution in [0.4, 0.5) is 9.18 Å². The standard InChI is InChI=1S/C23H21ClFN3O7/c1-34-22(32)27-18(21(30)31)10-15(26-20(29)19-11-35-23(33)28-19)8-12-2-4-13(5-3-12)16-9-14(24)6-7-17(16)25/h2-7,9,11,15,18H,8,10H2,1H3,(H,26,29)(H,27,32)(H,28,33)(H,30,31)/t15-,18-/m1/s1. The minimum atomic E-state index is -1.38. The molecule has 3 rings (SSSR count). The summed E-state index contributed by atoms with van der Waals surface area (Å²) in [5, 5.41) is 14.7. The fourth-order valence-corrected chi connectivity index (χ4v) is 3.55. The number of nitrogens with one attached hydrogen (secondary N) is 3. The van der Waals surface area contributed by atoms with E-state index in [0.29, 0.717) is 21.7 Å². The molecule has 0 saturated carbocycles. The molecule has 0 saturated heterocycles. The highest BCUT2D eigenvalue weighted by Crippen LogP contribution is 2.26. The third-order valence-electron chi connectivity index (χ3n) is 5.07. The van der Waals surface area contributed by atoms with E-state index >= 15 is 0 Å². The van der Waals surface area contributed by atoms with Crippen LogP contribution in [0.5, 0.6) is 0 Å². The van der Waals surface area contributed by atoms with Gasteiger partial charge >= 0.3 is 17.8 Å². The summed E-state index contributed by atoms with van der Waals surface area (Å²) in [6.45, 7) is 0. The van der Waals surface area contributed by atoms with Crippen LogP contribution in [0.1, 0.15) is 22.5 Å². The zero-order valence-electron chi connectivity index (χ0n) is 18.3. The van der Waals surface area contributed by atoms with Crippen molar-refractivity contribution in [3.8, 4) is 11.1 Å². The molecule has 0 bridgehead atoms. The summed E-state index contributed by atoms with van der Waals surface area (Å²) >= 11 is 5.97. The first-order valence-electron chi connectivity index (χ1n) is 10.3. The SMILES string of the molecule is COC(=O)N[C@H](C[C@@H](Cc1ccc(-c2cc(Cl)ccc2F)cc1)NC(=O)c1coc(=O)[nH]1)C(=O)O. The highest BCUT2D eigenvalue weighted by atomic mass is 35.5. The van der Waals surface area contributed by atoms with E-state index in [2.05, 4.69) is 24.8 Å². The van der Waals surface area contributed by atoms with E-state index < -0.39 is 41.6 Å². The van der Waals surface area contributed by atoms with Crippen molar-refractivity contribution in [2.75, 3.05) is 7.11 Å². The van der Waals surface area contributed by atoms with Crippen molar-refractivity contribution in [3.63, 3.8) is 0 Å². The lowest BCUT2D eigenvalue weighted by Gasteiger charge is -2.23. The van der Waals surface area contributed by atoms with Crippen LogP contribution in [0.3, 0.4) is 0 Å². The fourth-order valence-electron chi connectivity index (χ4n) is 3.38. The van der Waals surface area contributed by atoms with Gasteiger partial charge < -0.3 is 24.9 Å². The Morgan fingerprint density at radius 3 is 2.49 bits per heavy atom. The number of benzene rings is 2. The monoisotopic (exact) mass is 505 g/mol. The summed E-state index contributed by atoms with van der Waals surface area (Å²) in [4.78, 5) is 49.2. The van der Waals surface area contributed by atoms with Gasteiger partial charge in [0.25, 0.3) is 5.91 Å². The van der Waals surface area contributed by atoms with Gasteiger partial charge in [-0.1, -0.05) is 35.9 Å². The smallest absolute Gasteiger partial charge is 0.416 e. The average molecular weight is 506 g/mol. The quantitative estimate of drug-likeness (QED) is 0.349. The number of hydrogen-bond donors (Lipinski definition) is 4. The topological polar surface area (TPSA) is 151 Å². The number of halogens is 2. The summed E-state index contributed by atoms with van der Waals surface area (Å²) in [7, 11) is 1.09. The minimum Gasteiger partial charge on any atom is -0.480 e. The highest BCUT2D eigenvalue weighted by Gasteiger charge is 2.27. The van der Waals surface area contributed by atoms with Crippen LogP contribution in [-0.4, -0.2) is 47.3 Å². The first kappa shape index (κ1) is 25.5. The Labute approximate surface area is 203 Å². The number of oxazole rings is 1. The number of carbonyl (C=O) groups excluding carboxylic acids is 2. The molecule has 3 aromatic rings. The molecule has 0 radical (unpaired) electrons. The molecule has 0 aliphatic rings. The Bertz CT molecular complexity index is 1270. The number of aliphatic carboxylic acids is 1. The van der Waals surface area contributed by atoms with Crippen molar-refractivity contribution in [2.45, 2.75) is 24.9 Å². The van der Waals surface area contributed by atoms with Gasteiger partial charge in [0.2, 0.25) is 0 Å². The van der Waals surface area contributed by atoms with Gasteiger partial charge in [-0.25, -0.2) is 18.8 Å². The summed E-state index contributed by atoms with van der Waals surface area (Å²) in [5.41, 5.74) is 1.41. The van der Waals surface area contributed by atoms with Gasteiger partial charge in [0, 0.05) is 16.6 Å². The predicted molar refractivity (Wildman–Crippen MR) is 123 cm³/mol. The van der Waals surface area contributed by atoms with E-state index in [0.717, 1.165) is 13.4 Å². The van der Waals surface area contributed by atoms with Gasteiger partial charge in [-0.2, -0.15) is 0 Å². The van der Waals surface area contributed by atoms with Crippen LogP contribution in [0.15, 0.2) is 57.9 Å². The van der Waals surface area contributed by atoms with Crippen LogP contribution >= 0.6 is 11.6 Å². The van der Waals surface area contributed by atoms with Gasteiger partial charge in [0.1, 0.15) is 23.8 Å². The van der Waals surface area contributed by atoms with Gasteiger partial charge in [-0.15, -0.1) is 0 Å². The van der Waals surface area contributed by atoms with E-state index in [4.69, 9.17) is 11.6 Å². The molecule has 10 nitrogen and oxygen atoms in total. The molecule has 12 heteroatoms. The molecule has 0 aliphatic carbocycles. The Morgan fingerprint density at radius 2 is 1.89 bits per heavy atom. The van der Waals surface area contributed by atoms with E-state index in [1.165, 1.54) is 18.2 Å². The summed E-state index contributed by atoms with van der Waals surface area (Å²) in [5.74, 6) is -3.32. The molecule has 4 N–H and O–H groups in total. The molecule has 184 valence electrons. The second-order valence-electron chi connectivity index (χ2n) is 7.52. The number of ether oxygens (including phenoxy) is 1. The number of alkyl carbamates (subject to hydrolysis) is 1. The first-order chi connectivity index (χ1) is 16.7. The number of hydrogen-bond acceptors (Lipinski definition) is 6. The van der Waals surface area contributed by atoms with Gasteiger partial charge in [-0.05, 0) is 42.2 Å². The number of aromatic nitrogens is 1. The molecule has 2 atom stereocenters. The van der Waals surface area contributed by atoms with Crippen LogP contribution < -0.4 is 16.4 Å². The first-order valence-corrected chi connectivity index (χ1v) is 10.6. The Morgan fingerprint density at radius 1 is 1.17 bits per heavy atom. The Hall–Kier alpha value is -4.12. The molecular weight excluding hydrogens is 485 g/mol. The summed E-state index contributed by atoms with van der Waals surface area (Å²) in [6, 6.07) is 8.74. The fraction of sp³-hybridized carbons (Fsp3) is 0.217. The minimum absolute atomic E-state index is 0.152. The van der Waals surface area contributed by atoms with Gasteiger partial charge in [-0.3, -0.25) is 9.78 Å². The molecule has 0 aliphatic heterocycles. The highest BCUT2D eigenvalue weighted by molar-refractivity contribution is 6.30. The number of H-pyrrole nitrogens is 1. The van der Waals surface area contributed by atoms with Crippen LogP contribution in [-0.2, 0) is 16.0 Å². The van der Waals surface area contributed by atoms with Gasteiger partial charge in [0.05, 0.1) is 7.11 Å². The molecule has 2 aromatic carbocycles. The van der Waals surface area contributed by atoms with Crippen molar-refractivity contribution < 1.29 is 33.0 Å². The van der Waals surface area contributed by atoms with Crippen molar-refractivity contribution in [2.24, 2.45) is 0 Å². The third-order valence-corrected chi connectivity index (χ3v) is 5.31. The summed E-state index contributed by atoms with van der Waals surface area (Å²) < 4.78 is 23.2. The maximum Gasteiger partial charge on any atom is 0.416 e. The van der Waals surface area contributed by atoms with E-state index in [9.17, 15) is 28.7 Å². The van der Waals surface area contributed by atoms with Gasteiger partial charge in [0.15, 0.2) is 0 Å². The number of rotatable bonds is 9. The third kappa shape index (κ3) is 6.93. The second-order valence-corrected chi connectivity index (χ2v) is 7.96. The van der Waals surface area contributed by atoms with Crippen molar-refractivity contribution >= 4 is 29.6 Å². The average Bonchev–Trinajstić information content (AvgIpc) is 3.27. The Balaban J connectivity index is 1.82. The van der Waals surface area contributed by atoms with E-state index in [-0.39, 0.29) is 18.5 Å². The normalized spacial score (nSPS) is 12.4. The van der Waals surface area contributed by atoms with Crippen molar-refractivity contribution in [1.82, 2.24) is 15.6 Å². The number of carboxylic acid groups (broad SMARTS) is 1. The number of aromatic amines is 1. The lowest BCUT2D eigenvalue weighted by Crippen LogP contribution is -2.47. The maximum atomic E-state index is 14.2. The number of methoxy groups -OCH3 is 1. The number of amides is 2. The molecule has 35 heavy (non-hydrogen) atoms. The van der Waals surface area contributed by atoms with E-state index in [1.807, 2.05) is 0 Å². The van der Waals surface area contributed by atoms with Crippen LogP contribution in [0.25, 0.3) is 11.1 Å². The Kier molecular flexibility index (Phi) is 8.26. The van der Waals surface area contributed by atoms with Crippen LogP contribution in [0.2, 0.25) is 5.02 Å². The maximum absolute atomic E-state index is 14.2. The molecule has 0 fully saturated rings.